The topological polar surface area (TPSA) is 0 Å². The molecule has 0 aliphatic carbocycles. The molecular weight excluding hydrogens is 663 g/mol. The van der Waals surface area contributed by atoms with E-state index >= 15 is 0 Å². The highest BCUT2D eigenvalue weighted by molar-refractivity contribution is 4.57. The van der Waals surface area contributed by atoms with Crippen molar-refractivity contribution in [1.82, 2.24) is 0 Å². The van der Waals surface area contributed by atoms with Crippen molar-refractivity contribution in [3.05, 3.63) is 0 Å². The van der Waals surface area contributed by atoms with Crippen LogP contribution in [0.15, 0.2) is 0 Å². The van der Waals surface area contributed by atoms with Crippen molar-refractivity contribution >= 4 is 0 Å². The van der Waals surface area contributed by atoms with Crippen LogP contribution >= 0.6 is 0 Å². The number of nitrogens with zero attached hydrogens (tertiary/aromatic N) is 1. The summed E-state index contributed by atoms with van der Waals surface area (Å²) >= 11 is 0. The molecule has 0 aliphatic heterocycles. The Balaban J connectivity index is 4.59. The fraction of sp³-hybridized carbons (Fsp3) is 1.00. The van der Waals surface area contributed by atoms with Gasteiger partial charge < -0.3 is 4.48 Å². The average Bonchev–Trinajstić information content (AvgIpc) is 3.19. The predicted octanol–water partition coefficient (Wildman–Crippen LogP) is 19.8. The molecule has 0 saturated carbocycles. The molecule has 55 heavy (non-hydrogen) atoms. The van der Waals surface area contributed by atoms with Crippen LogP contribution < -0.4 is 0 Å². The van der Waals surface area contributed by atoms with Gasteiger partial charge in [0.15, 0.2) is 0 Å². The minimum Gasteiger partial charge on any atom is -0.324 e. The van der Waals surface area contributed by atoms with E-state index in [0.717, 1.165) is 0 Å². The molecule has 0 spiro atoms. The van der Waals surface area contributed by atoms with Crippen LogP contribution in [0.25, 0.3) is 0 Å². The van der Waals surface area contributed by atoms with E-state index in [1.807, 2.05) is 0 Å². The normalized spacial score (nSPS) is 12.0. The van der Waals surface area contributed by atoms with Crippen molar-refractivity contribution in [1.29, 1.82) is 0 Å². The summed E-state index contributed by atoms with van der Waals surface area (Å²) in [5, 5.41) is 0. The molecule has 332 valence electrons. The van der Waals surface area contributed by atoms with Crippen LogP contribution in [0.5, 0.6) is 0 Å². The minimum atomic E-state index is 1.37. The lowest BCUT2D eigenvalue weighted by molar-refractivity contribution is -0.929. The first-order chi connectivity index (χ1) is 27.2. The molecule has 0 bridgehead atoms. The minimum absolute atomic E-state index is 1.37. The van der Waals surface area contributed by atoms with Crippen molar-refractivity contribution < 1.29 is 4.48 Å². The average molecular weight is 775 g/mol. The van der Waals surface area contributed by atoms with E-state index in [9.17, 15) is 0 Å². The third-order valence-corrected chi connectivity index (χ3v) is 13.4. The van der Waals surface area contributed by atoms with E-state index in [2.05, 4.69) is 27.7 Å². The van der Waals surface area contributed by atoms with Gasteiger partial charge >= 0.3 is 0 Å². The van der Waals surface area contributed by atoms with Crippen molar-refractivity contribution in [2.45, 2.75) is 323 Å². The van der Waals surface area contributed by atoms with Gasteiger partial charge in [-0.2, -0.15) is 0 Å². The van der Waals surface area contributed by atoms with Crippen molar-refractivity contribution in [3.8, 4) is 0 Å². The van der Waals surface area contributed by atoms with E-state index < -0.39 is 0 Å². The van der Waals surface area contributed by atoms with Gasteiger partial charge in [0.25, 0.3) is 0 Å². The van der Waals surface area contributed by atoms with Crippen LogP contribution in [0.4, 0.5) is 0 Å². The molecule has 0 aromatic carbocycles. The van der Waals surface area contributed by atoms with E-state index in [-0.39, 0.29) is 0 Å². The zero-order valence-electron chi connectivity index (χ0n) is 39.8. The Morgan fingerprint density at radius 3 is 0.400 bits per heavy atom. The zero-order valence-corrected chi connectivity index (χ0v) is 39.8. The third-order valence-electron chi connectivity index (χ3n) is 13.4. The molecule has 1 nitrogen and oxygen atoms in total. The molecule has 1 heteroatoms. The largest absolute Gasteiger partial charge is 0.324 e. The number of quaternary nitrogens is 1. The molecule has 0 atom stereocenters. The summed E-state index contributed by atoms with van der Waals surface area (Å²) < 4.78 is 1.48. The summed E-state index contributed by atoms with van der Waals surface area (Å²) in [7, 11) is 0. The predicted molar refractivity (Wildman–Crippen MR) is 255 cm³/mol. The van der Waals surface area contributed by atoms with E-state index in [1.54, 1.807) is 0 Å². The summed E-state index contributed by atoms with van der Waals surface area (Å²) in [6.07, 6.45) is 67.7. The molecule has 0 radical (unpaired) electrons. The van der Waals surface area contributed by atoms with Crippen molar-refractivity contribution in [3.63, 3.8) is 0 Å². The number of rotatable bonds is 50. The molecule has 0 unspecified atom stereocenters. The highest BCUT2D eigenvalue weighted by Gasteiger charge is 2.25. The first-order valence-corrected chi connectivity index (χ1v) is 27.1. The lowest BCUT2D eigenvalue weighted by Gasteiger charge is -2.40. The molecular formula is C54H112N+. The lowest BCUT2D eigenvalue weighted by Crippen LogP contribution is -2.50. The van der Waals surface area contributed by atoms with Crippen LogP contribution in [0.3, 0.4) is 0 Å². The molecule has 0 aliphatic rings. The van der Waals surface area contributed by atoms with Gasteiger partial charge in [-0.05, 0) is 51.4 Å². The van der Waals surface area contributed by atoms with Crippen molar-refractivity contribution in [2.75, 3.05) is 26.2 Å². The maximum absolute atomic E-state index is 2.39. The summed E-state index contributed by atoms with van der Waals surface area (Å²) in [4.78, 5) is 0. The summed E-state index contributed by atoms with van der Waals surface area (Å²) in [5.41, 5.74) is 0. The lowest BCUT2D eigenvalue weighted by atomic mass is 10.0. The second kappa shape index (κ2) is 48.3. The maximum Gasteiger partial charge on any atom is 0.0786 e. The fourth-order valence-corrected chi connectivity index (χ4v) is 9.47. The van der Waals surface area contributed by atoms with Crippen LogP contribution in [0, 0.1) is 0 Å². The van der Waals surface area contributed by atoms with Gasteiger partial charge in [-0.25, -0.2) is 0 Å². The highest BCUT2D eigenvalue weighted by atomic mass is 15.3. The Bertz CT molecular complexity index is 577. The van der Waals surface area contributed by atoms with Gasteiger partial charge in [0.05, 0.1) is 26.2 Å². The van der Waals surface area contributed by atoms with E-state index in [0.29, 0.717) is 0 Å². The zero-order chi connectivity index (χ0) is 39.9. The molecule has 0 aromatic rings. The standard InChI is InChI=1S/C54H112N/c1-5-9-13-17-20-23-26-29-32-35-38-41-44-48-52-55(51-47-16-12-8-4,53-49-45-42-39-36-33-30-27-24-21-18-14-10-6-2)54-50-46-43-40-37-34-31-28-25-22-19-15-11-7-3/h5-54H2,1-4H3/q+1. The van der Waals surface area contributed by atoms with Gasteiger partial charge in [0, 0.05) is 0 Å². The van der Waals surface area contributed by atoms with Crippen LogP contribution in [-0.2, 0) is 0 Å². The van der Waals surface area contributed by atoms with Gasteiger partial charge in [0.2, 0.25) is 0 Å². The molecule has 0 heterocycles. The number of hydrogen-bond acceptors (Lipinski definition) is 0. The SMILES string of the molecule is CCCCCCCCCCCCCCCC[N+](CCCCCC)(CCCCCCCCCCCCCCCC)CCCCCCCCCCCCCCCC. The van der Waals surface area contributed by atoms with Crippen molar-refractivity contribution in [2.24, 2.45) is 0 Å². The monoisotopic (exact) mass is 775 g/mol. The highest BCUT2D eigenvalue weighted by Crippen LogP contribution is 2.22. The third kappa shape index (κ3) is 43.4. The second-order valence-corrected chi connectivity index (χ2v) is 19.1. The first kappa shape index (κ1) is 55.0. The molecule has 0 fully saturated rings. The van der Waals surface area contributed by atoms with Gasteiger partial charge in [0.1, 0.15) is 0 Å². The molecule has 0 amide bonds. The molecule has 0 N–H and O–H groups in total. The quantitative estimate of drug-likeness (QED) is 0.0426. The van der Waals surface area contributed by atoms with E-state index in [1.165, 1.54) is 326 Å². The van der Waals surface area contributed by atoms with E-state index in [4.69, 9.17) is 0 Å². The Labute approximate surface area is 352 Å². The van der Waals surface area contributed by atoms with Gasteiger partial charge in [-0.15, -0.1) is 0 Å². The summed E-state index contributed by atoms with van der Waals surface area (Å²) in [6.45, 7) is 15.3. The Kier molecular flexibility index (Phi) is 48.3. The smallest absolute Gasteiger partial charge is 0.0786 e. The second-order valence-electron chi connectivity index (χ2n) is 19.1. The number of unbranched alkanes of at least 4 members (excludes halogenated alkanes) is 42. The van der Waals surface area contributed by atoms with Crippen LogP contribution in [-0.4, -0.2) is 30.7 Å². The first-order valence-electron chi connectivity index (χ1n) is 27.1. The van der Waals surface area contributed by atoms with Gasteiger partial charge in [-0.3, -0.25) is 0 Å². The molecule has 0 saturated heterocycles. The molecule has 0 rings (SSSR count). The maximum atomic E-state index is 2.39. The van der Waals surface area contributed by atoms with Crippen LogP contribution in [0.1, 0.15) is 323 Å². The molecule has 0 aromatic heterocycles. The van der Waals surface area contributed by atoms with Crippen LogP contribution in [0.2, 0.25) is 0 Å². The number of hydrogen-bond donors (Lipinski definition) is 0. The Hall–Kier alpha value is -0.0400. The van der Waals surface area contributed by atoms with Gasteiger partial charge in [-0.1, -0.05) is 272 Å². The summed E-state index contributed by atoms with van der Waals surface area (Å²) in [5.74, 6) is 0. The summed E-state index contributed by atoms with van der Waals surface area (Å²) in [6, 6.07) is 0. The fourth-order valence-electron chi connectivity index (χ4n) is 9.47. The Morgan fingerprint density at radius 2 is 0.255 bits per heavy atom. The Morgan fingerprint density at radius 1 is 0.145 bits per heavy atom.